The number of unbranched alkanes of at least 4 members (excludes halogenated alkanes) is 11. The van der Waals surface area contributed by atoms with Crippen LogP contribution in [0.1, 0.15) is 104 Å². The summed E-state index contributed by atoms with van der Waals surface area (Å²) in [6.07, 6.45) is 20.2. The first kappa shape index (κ1) is 29.3. The summed E-state index contributed by atoms with van der Waals surface area (Å²) in [5.74, 6) is -0.840. The molecular formula is C20H39NaO5S. The molecule has 0 rings (SSSR count). The molecule has 0 bridgehead atoms. The standard InChI is InChI=1S/C20H38O5S.Na.H/c1-3-5-6-7-8-9-10-11-12-13-14-15-16-17-18-19-20(21)24-25-26(22,23)4-2;;/h11-12H,3-10,13-19H2,1-2H3;;/b12-11-;;. The van der Waals surface area contributed by atoms with E-state index in [0.717, 1.165) is 25.7 Å². The molecule has 0 aliphatic heterocycles. The molecule has 0 radical (unpaired) electrons. The van der Waals surface area contributed by atoms with Crippen molar-refractivity contribution < 1.29 is 22.4 Å². The fourth-order valence-corrected chi connectivity index (χ4v) is 2.80. The van der Waals surface area contributed by atoms with Gasteiger partial charge < -0.3 is 0 Å². The molecule has 0 saturated heterocycles. The van der Waals surface area contributed by atoms with Crippen molar-refractivity contribution in [2.75, 3.05) is 5.75 Å². The van der Waals surface area contributed by atoms with Gasteiger partial charge in [-0.3, -0.25) is 4.89 Å². The maximum absolute atomic E-state index is 11.3. The summed E-state index contributed by atoms with van der Waals surface area (Å²) in [5, 5.41) is 0. The summed E-state index contributed by atoms with van der Waals surface area (Å²) in [4.78, 5) is 15.6. The van der Waals surface area contributed by atoms with E-state index in [4.69, 9.17) is 0 Å². The van der Waals surface area contributed by atoms with Crippen LogP contribution in [0.15, 0.2) is 12.2 Å². The summed E-state index contributed by atoms with van der Waals surface area (Å²) < 4.78 is 26.2. The Morgan fingerprint density at radius 3 is 1.78 bits per heavy atom. The molecular weight excluding hydrogens is 375 g/mol. The van der Waals surface area contributed by atoms with Gasteiger partial charge in [-0.15, -0.1) is 0 Å². The molecule has 0 spiro atoms. The molecule has 0 aliphatic carbocycles. The molecule has 7 heteroatoms. The molecule has 0 unspecified atom stereocenters. The van der Waals surface area contributed by atoms with Gasteiger partial charge in [0.2, 0.25) is 0 Å². The molecule has 0 fully saturated rings. The normalized spacial score (nSPS) is 11.5. The van der Waals surface area contributed by atoms with E-state index in [-0.39, 0.29) is 41.7 Å². The molecule has 0 aliphatic rings. The van der Waals surface area contributed by atoms with Crippen LogP contribution in [0.4, 0.5) is 0 Å². The van der Waals surface area contributed by atoms with Crippen LogP contribution >= 0.6 is 0 Å². The van der Waals surface area contributed by atoms with Crippen LogP contribution < -0.4 is 0 Å². The van der Waals surface area contributed by atoms with Gasteiger partial charge >= 0.3 is 45.6 Å². The van der Waals surface area contributed by atoms with E-state index >= 15 is 0 Å². The molecule has 0 aromatic rings. The van der Waals surface area contributed by atoms with E-state index in [1.807, 2.05) is 0 Å². The molecule has 5 nitrogen and oxygen atoms in total. The minimum atomic E-state index is -3.72. The van der Waals surface area contributed by atoms with Crippen LogP contribution in [0.25, 0.3) is 0 Å². The van der Waals surface area contributed by atoms with Crippen LogP contribution in [0.3, 0.4) is 0 Å². The van der Waals surface area contributed by atoms with Gasteiger partial charge in [0, 0.05) is 6.42 Å². The molecule has 27 heavy (non-hydrogen) atoms. The monoisotopic (exact) mass is 414 g/mol. The van der Waals surface area contributed by atoms with Crippen LogP contribution in [-0.4, -0.2) is 49.7 Å². The molecule has 0 N–H and O–H groups in total. The van der Waals surface area contributed by atoms with Crippen LogP contribution in [0, 0.1) is 0 Å². The van der Waals surface area contributed by atoms with Crippen molar-refractivity contribution >= 4 is 45.6 Å². The average molecular weight is 415 g/mol. The van der Waals surface area contributed by atoms with E-state index in [0.29, 0.717) is 6.42 Å². The van der Waals surface area contributed by atoms with E-state index in [9.17, 15) is 13.2 Å². The van der Waals surface area contributed by atoms with Crippen molar-refractivity contribution in [3.8, 4) is 0 Å². The van der Waals surface area contributed by atoms with Crippen LogP contribution in [-0.2, 0) is 24.1 Å². The SMILES string of the molecule is CCCCCCCC/C=C\CCCCCCCC(=O)OOS(=O)(=O)CC.[NaH]. The van der Waals surface area contributed by atoms with E-state index in [2.05, 4.69) is 28.3 Å². The van der Waals surface area contributed by atoms with Gasteiger partial charge in [-0.05, 0) is 39.0 Å². The Hall–Kier alpha value is 0.120. The third-order valence-electron chi connectivity index (χ3n) is 4.23. The van der Waals surface area contributed by atoms with Gasteiger partial charge in [-0.1, -0.05) is 74.8 Å². The molecule has 0 heterocycles. The molecule has 0 atom stereocenters. The van der Waals surface area contributed by atoms with Gasteiger partial charge in [0.15, 0.2) is 0 Å². The number of hydrogen-bond donors (Lipinski definition) is 0. The van der Waals surface area contributed by atoms with Crippen molar-refractivity contribution in [3.63, 3.8) is 0 Å². The second-order valence-electron chi connectivity index (χ2n) is 6.70. The van der Waals surface area contributed by atoms with Gasteiger partial charge in [-0.2, -0.15) is 8.42 Å². The van der Waals surface area contributed by atoms with E-state index in [1.54, 1.807) is 0 Å². The van der Waals surface area contributed by atoms with Crippen LogP contribution in [0.5, 0.6) is 0 Å². The van der Waals surface area contributed by atoms with Gasteiger partial charge in [0.05, 0.1) is 5.75 Å². The van der Waals surface area contributed by atoms with Crippen molar-refractivity contribution in [3.05, 3.63) is 12.2 Å². The molecule has 0 saturated carbocycles. The van der Waals surface area contributed by atoms with Gasteiger partial charge in [-0.25, -0.2) is 4.79 Å². The second-order valence-corrected chi connectivity index (χ2v) is 8.53. The second kappa shape index (κ2) is 20.8. The maximum atomic E-state index is 11.3. The summed E-state index contributed by atoms with van der Waals surface area (Å²) in [5.41, 5.74) is 0. The predicted octanol–water partition coefficient (Wildman–Crippen LogP) is 5.20. The Balaban J connectivity index is 0. The summed E-state index contributed by atoms with van der Waals surface area (Å²) >= 11 is 0. The fraction of sp³-hybridized carbons (Fsp3) is 0.850. The summed E-state index contributed by atoms with van der Waals surface area (Å²) in [6.45, 7) is 3.67. The number of carbonyl (C=O) groups is 1. The van der Waals surface area contributed by atoms with Crippen molar-refractivity contribution in [1.82, 2.24) is 0 Å². The first-order chi connectivity index (χ1) is 12.5. The first-order valence-electron chi connectivity index (χ1n) is 10.3. The van der Waals surface area contributed by atoms with Gasteiger partial charge in [0.25, 0.3) is 0 Å². The molecule has 0 aromatic heterocycles. The number of carbonyl (C=O) groups excluding carboxylic acids is 1. The Morgan fingerprint density at radius 1 is 0.778 bits per heavy atom. The fourth-order valence-electron chi connectivity index (χ4n) is 2.52. The zero-order chi connectivity index (χ0) is 19.5. The zero-order valence-electron chi connectivity index (χ0n) is 16.7. The zero-order valence-corrected chi connectivity index (χ0v) is 17.5. The molecule has 0 aromatic carbocycles. The third-order valence-corrected chi connectivity index (χ3v) is 5.21. The predicted molar refractivity (Wildman–Crippen MR) is 113 cm³/mol. The minimum absolute atomic E-state index is 0. The Bertz CT molecular complexity index is 463. The van der Waals surface area contributed by atoms with Crippen molar-refractivity contribution in [1.29, 1.82) is 0 Å². The number of hydrogen-bond acceptors (Lipinski definition) is 5. The molecule has 156 valence electrons. The average Bonchev–Trinajstić information content (AvgIpc) is 2.63. The Labute approximate surface area is 189 Å². The van der Waals surface area contributed by atoms with Crippen molar-refractivity contribution in [2.24, 2.45) is 0 Å². The van der Waals surface area contributed by atoms with Crippen LogP contribution in [0.2, 0.25) is 0 Å². The molecule has 0 amide bonds. The number of rotatable bonds is 18. The summed E-state index contributed by atoms with van der Waals surface area (Å²) in [7, 11) is -3.72. The third kappa shape index (κ3) is 22.3. The van der Waals surface area contributed by atoms with Crippen molar-refractivity contribution in [2.45, 2.75) is 104 Å². The van der Waals surface area contributed by atoms with E-state index in [1.165, 1.54) is 58.3 Å². The summed E-state index contributed by atoms with van der Waals surface area (Å²) in [6, 6.07) is 0. The Morgan fingerprint density at radius 2 is 1.26 bits per heavy atom. The number of allylic oxidation sites excluding steroid dienone is 2. The Kier molecular flexibility index (Phi) is 22.6. The topological polar surface area (TPSA) is 69.7 Å². The van der Waals surface area contributed by atoms with E-state index < -0.39 is 16.1 Å². The quantitative estimate of drug-likeness (QED) is 0.101. The first-order valence-corrected chi connectivity index (χ1v) is 11.9. The van der Waals surface area contributed by atoms with Gasteiger partial charge in [0.1, 0.15) is 0 Å².